The molecule has 0 fully saturated rings. The Kier molecular flexibility index (Phi) is 2.37. The lowest BCUT2D eigenvalue weighted by molar-refractivity contribution is 0.0908. The number of hydrogen-bond donors (Lipinski definition) is 1. The van der Waals surface area contributed by atoms with Gasteiger partial charge in [0, 0.05) is 6.54 Å². The summed E-state index contributed by atoms with van der Waals surface area (Å²) in [6.45, 7) is 1.23. The van der Waals surface area contributed by atoms with E-state index in [1.165, 1.54) is 17.7 Å². The smallest absolute Gasteiger partial charge is 0.424 e. The number of carbonyl (C=O) groups excluding carboxylic acids is 1. The number of carbonyl (C=O) groups is 1. The molecule has 1 N–H and O–H groups in total. The highest BCUT2D eigenvalue weighted by molar-refractivity contribution is 5.67. The number of benzene rings is 1. The van der Waals surface area contributed by atoms with E-state index >= 15 is 0 Å². The highest BCUT2D eigenvalue weighted by Gasteiger charge is 2.19. The van der Waals surface area contributed by atoms with E-state index in [4.69, 9.17) is 0 Å². The van der Waals surface area contributed by atoms with Gasteiger partial charge in [-0.05, 0) is 11.1 Å². The molecule has 14 heavy (non-hydrogen) atoms. The Bertz CT molecular complexity index is 352. The van der Waals surface area contributed by atoms with Gasteiger partial charge in [-0.15, -0.1) is 0 Å². The van der Waals surface area contributed by atoms with Gasteiger partial charge in [-0.3, -0.25) is 0 Å². The fourth-order valence-electron chi connectivity index (χ4n) is 1.53. The number of nitrogens with one attached hydrogen (secondary N) is 1. The summed E-state index contributed by atoms with van der Waals surface area (Å²) in [6, 6.07) is 8.04. The maximum absolute atomic E-state index is 11.2. The molecule has 0 saturated heterocycles. The van der Waals surface area contributed by atoms with E-state index in [0.29, 0.717) is 13.1 Å². The Morgan fingerprint density at radius 3 is 2.86 bits per heavy atom. The van der Waals surface area contributed by atoms with Crippen molar-refractivity contribution in [3.8, 4) is 0 Å². The first-order valence-corrected chi connectivity index (χ1v) is 4.47. The minimum absolute atomic E-state index is 0.348. The van der Waals surface area contributed by atoms with E-state index in [-0.39, 0.29) is 6.09 Å². The van der Waals surface area contributed by atoms with Crippen LogP contribution in [0, 0.1) is 0 Å². The Morgan fingerprint density at radius 2 is 2.14 bits per heavy atom. The molecular formula is C10H12N2O2. The molecule has 1 aliphatic heterocycles. The summed E-state index contributed by atoms with van der Waals surface area (Å²) in [5, 5.41) is 1.47. The summed E-state index contributed by atoms with van der Waals surface area (Å²) in [7, 11) is 1.38. The summed E-state index contributed by atoms with van der Waals surface area (Å²) in [4.78, 5) is 11.2. The van der Waals surface area contributed by atoms with Crippen LogP contribution in [-0.4, -0.2) is 18.2 Å². The summed E-state index contributed by atoms with van der Waals surface area (Å²) in [6.07, 6.45) is -0.348. The Labute approximate surface area is 82.4 Å². The first kappa shape index (κ1) is 9.02. The minimum atomic E-state index is -0.348. The largest absolute Gasteiger partial charge is 0.452 e. The number of rotatable bonds is 0. The lowest BCUT2D eigenvalue weighted by atomic mass is 10.1. The quantitative estimate of drug-likeness (QED) is 0.673. The van der Waals surface area contributed by atoms with E-state index < -0.39 is 0 Å². The third-order valence-electron chi connectivity index (χ3n) is 2.30. The van der Waals surface area contributed by atoms with Crippen molar-refractivity contribution < 1.29 is 9.53 Å². The lowest BCUT2D eigenvalue weighted by Gasteiger charge is -2.28. The summed E-state index contributed by atoms with van der Waals surface area (Å²) in [5.74, 6) is 0. The highest BCUT2D eigenvalue weighted by Crippen LogP contribution is 2.15. The molecule has 0 aliphatic carbocycles. The predicted molar refractivity (Wildman–Crippen MR) is 51.2 cm³/mol. The number of amides is 1. The molecule has 0 atom stereocenters. The molecule has 1 aliphatic rings. The van der Waals surface area contributed by atoms with Crippen molar-refractivity contribution in [3.05, 3.63) is 35.4 Å². The molecule has 0 unspecified atom stereocenters. The maximum atomic E-state index is 11.2. The van der Waals surface area contributed by atoms with Crippen molar-refractivity contribution in [3.63, 3.8) is 0 Å². The van der Waals surface area contributed by atoms with Gasteiger partial charge in [0.15, 0.2) is 0 Å². The van der Waals surface area contributed by atoms with Gasteiger partial charge in [0.1, 0.15) is 0 Å². The highest BCUT2D eigenvalue weighted by atomic mass is 16.5. The van der Waals surface area contributed by atoms with Crippen LogP contribution in [0.5, 0.6) is 0 Å². The number of hydrogen-bond acceptors (Lipinski definition) is 3. The third kappa shape index (κ3) is 1.56. The molecule has 4 heteroatoms. The molecule has 1 aromatic carbocycles. The molecule has 0 aromatic heterocycles. The number of methoxy groups -OCH3 is 1. The third-order valence-corrected chi connectivity index (χ3v) is 2.30. The Hall–Kier alpha value is -1.55. The average Bonchev–Trinajstić information content (AvgIpc) is 2.27. The van der Waals surface area contributed by atoms with Crippen molar-refractivity contribution in [2.45, 2.75) is 13.1 Å². The van der Waals surface area contributed by atoms with E-state index in [1.54, 1.807) is 0 Å². The topological polar surface area (TPSA) is 41.6 Å². The summed E-state index contributed by atoms with van der Waals surface area (Å²) >= 11 is 0. The molecule has 0 spiro atoms. The maximum Gasteiger partial charge on any atom is 0.424 e. The number of hydrazine groups is 1. The van der Waals surface area contributed by atoms with Gasteiger partial charge in [-0.25, -0.2) is 15.2 Å². The zero-order chi connectivity index (χ0) is 9.97. The normalized spacial score (nSPS) is 14.8. The van der Waals surface area contributed by atoms with Gasteiger partial charge in [-0.1, -0.05) is 24.3 Å². The fourth-order valence-corrected chi connectivity index (χ4v) is 1.53. The van der Waals surface area contributed by atoms with Crippen molar-refractivity contribution in [1.82, 2.24) is 10.4 Å². The first-order chi connectivity index (χ1) is 6.81. The second kappa shape index (κ2) is 3.67. The second-order valence-electron chi connectivity index (χ2n) is 3.16. The summed E-state index contributed by atoms with van der Waals surface area (Å²) < 4.78 is 4.63. The second-order valence-corrected chi connectivity index (χ2v) is 3.16. The first-order valence-electron chi connectivity index (χ1n) is 4.47. The zero-order valence-corrected chi connectivity index (χ0v) is 7.99. The van der Waals surface area contributed by atoms with E-state index in [9.17, 15) is 4.79 Å². The molecule has 74 valence electrons. The van der Waals surface area contributed by atoms with Crippen LogP contribution in [-0.2, 0) is 17.8 Å². The number of ether oxygens (including phenoxy) is 1. The van der Waals surface area contributed by atoms with Crippen LogP contribution in [0.4, 0.5) is 4.79 Å². The predicted octanol–water partition coefficient (Wildman–Crippen LogP) is 1.27. The Morgan fingerprint density at radius 1 is 1.43 bits per heavy atom. The van der Waals surface area contributed by atoms with E-state index in [0.717, 1.165) is 5.56 Å². The minimum Gasteiger partial charge on any atom is -0.452 e. The molecule has 1 aromatic rings. The van der Waals surface area contributed by atoms with Gasteiger partial charge in [0.2, 0.25) is 0 Å². The molecule has 0 bridgehead atoms. The van der Waals surface area contributed by atoms with Crippen molar-refractivity contribution in [2.24, 2.45) is 0 Å². The number of fused-ring (bicyclic) bond motifs is 1. The van der Waals surface area contributed by atoms with E-state index in [1.807, 2.05) is 18.2 Å². The summed E-state index contributed by atoms with van der Waals surface area (Å²) in [5.41, 5.74) is 5.38. The van der Waals surface area contributed by atoms with Crippen LogP contribution in [0.3, 0.4) is 0 Å². The molecule has 2 rings (SSSR count). The van der Waals surface area contributed by atoms with Crippen molar-refractivity contribution in [2.75, 3.05) is 7.11 Å². The van der Waals surface area contributed by atoms with Gasteiger partial charge < -0.3 is 4.74 Å². The molecular weight excluding hydrogens is 180 g/mol. The molecule has 0 radical (unpaired) electrons. The van der Waals surface area contributed by atoms with Gasteiger partial charge in [0.25, 0.3) is 0 Å². The van der Waals surface area contributed by atoms with Crippen molar-refractivity contribution in [1.29, 1.82) is 0 Å². The van der Waals surface area contributed by atoms with Gasteiger partial charge in [-0.2, -0.15) is 0 Å². The molecule has 0 saturated carbocycles. The standard InChI is InChI=1S/C10H12N2O2/c1-14-10(13)12-7-9-5-3-2-4-8(9)6-11-12/h2-5,11H,6-7H2,1H3. The van der Waals surface area contributed by atoms with Crippen LogP contribution < -0.4 is 5.43 Å². The lowest BCUT2D eigenvalue weighted by Crippen LogP contribution is -2.44. The van der Waals surface area contributed by atoms with Crippen LogP contribution in [0.25, 0.3) is 0 Å². The van der Waals surface area contributed by atoms with Crippen LogP contribution in [0.15, 0.2) is 24.3 Å². The molecule has 1 amide bonds. The Balaban J connectivity index is 2.17. The van der Waals surface area contributed by atoms with Crippen molar-refractivity contribution >= 4 is 6.09 Å². The molecule has 1 heterocycles. The molecule has 4 nitrogen and oxygen atoms in total. The van der Waals surface area contributed by atoms with Crippen LogP contribution in [0.2, 0.25) is 0 Å². The monoisotopic (exact) mass is 192 g/mol. The van der Waals surface area contributed by atoms with Gasteiger partial charge in [0.05, 0.1) is 13.7 Å². The average molecular weight is 192 g/mol. The zero-order valence-electron chi connectivity index (χ0n) is 7.99. The van der Waals surface area contributed by atoms with Crippen LogP contribution in [0.1, 0.15) is 11.1 Å². The van der Waals surface area contributed by atoms with Gasteiger partial charge >= 0.3 is 6.09 Å². The number of nitrogens with zero attached hydrogens (tertiary/aromatic N) is 1. The van der Waals surface area contributed by atoms with E-state index in [2.05, 4.69) is 16.2 Å². The SMILES string of the molecule is COC(=O)N1Cc2ccccc2CN1. The van der Waals surface area contributed by atoms with Crippen LogP contribution >= 0.6 is 0 Å². The fraction of sp³-hybridized carbons (Fsp3) is 0.300.